The van der Waals surface area contributed by atoms with E-state index in [1.807, 2.05) is 0 Å². The molecule has 1 fully saturated rings. The van der Waals surface area contributed by atoms with Gasteiger partial charge >= 0.3 is 0 Å². The molecule has 0 atom stereocenters. The van der Waals surface area contributed by atoms with Crippen LogP contribution in [-0.4, -0.2) is 5.11 Å². The Hall–Kier alpha value is -0.820. The van der Waals surface area contributed by atoms with Crippen LogP contribution in [0.1, 0.15) is 57.6 Å². The fourth-order valence-corrected chi connectivity index (χ4v) is 2.71. The molecule has 0 radical (unpaired) electrons. The number of aliphatic hydroxyl groups is 1. The molecule has 1 aromatic carbocycles. The molecule has 1 aromatic rings. The summed E-state index contributed by atoms with van der Waals surface area (Å²) >= 11 is 0. The van der Waals surface area contributed by atoms with E-state index in [1.54, 1.807) is 0 Å². The maximum atomic E-state index is 10.8. The van der Waals surface area contributed by atoms with E-state index in [2.05, 4.69) is 45.0 Å². The van der Waals surface area contributed by atoms with Crippen LogP contribution in [0.15, 0.2) is 24.3 Å². The van der Waals surface area contributed by atoms with Crippen molar-refractivity contribution >= 4 is 0 Å². The van der Waals surface area contributed by atoms with Gasteiger partial charge in [-0.15, -0.1) is 0 Å². The summed E-state index contributed by atoms with van der Waals surface area (Å²) in [6.45, 7) is 6.76. The van der Waals surface area contributed by atoms with Crippen molar-refractivity contribution in [1.82, 2.24) is 0 Å². The number of hydrogen-bond donors (Lipinski definition) is 1. The van der Waals surface area contributed by atoms with Crippen LogP contribution < -0.4 is 0 Å². The third kappa shape index (κ3) is 2.71. The molecule has 0 aromatic heterocycles. The molecule has 0 heterocycles. The second-order valence-electron chi connectivity index (χ2n) is 6.25. The van der Waals surface area contributed by atoms with E-state index in [0.717, 1.165) is 37.7 Å². The van der Waals surface area contributed by atoms with E-state index in [0.29, 0.717) is 5.41 Å². The Bertz CT molecular complexity index is 382. The summed E-state index contributed by atoms with van der Waals surface area (Å²) in [7, 11) is 0. The minimum Gasteiger partial charge on any atom is -0.385 e. The average Bonchev–Trinajstić information content (AvgIpc) is 2.33. The van der Waals surface area contributed by atoms with Crippen molar-refractivity contribution in [3.63, 3.8) is 0 Å². The Morgan fingerprint density at radius 2 is 1.76 bits per heavy atom. The summed E-state index contributed by atoms with van der Waals surface area (Å²) < 4.78 is 0. The Morgan fingerprint density at radius 3 is 2.35 bits per heavy atom. The van der Waals surface area contributed by atoms with Crippen LogP contribution in [0.25, 0.3) is 0 Å². The lowest BCUT2D eigenvalue weighted by molar-refractivity contribution is -0.0306. The summed E-state index contributed by atoms with van der Waals surface area (Å²) in [4.78, 5) is 0. The fourth-order valence-electron chi connectivity index (χ4n) is 2.71. The molecule has 0 spiro atoms. The molecule has 0 amide bonds. The van der Waals surface area contributed by atoms with Gasteiger partial charge in [0.15, 0.2) is 0 Å². The lowest BCUT2D eigenvalue weighted by atomic mass is 9.69. The summed E-state index contributed by atoms with van der Waals surface area (Å²) in [6.07, 6.45) is 5.05. The van der Waals surface area contributed by atoms with Crippen molar-refractivity contribution < 1.29 is 5.11 Å². The van der Waals surface area contributed by atoms with Crippen LogP contribution >= 0.6 is 0 Å². The van der Waals surface area contributed by atoms with Gasteiger partial charge in [-0.2, -0.15) is 0 Å². The molecule has 17 heavy (non-hydrogen) atoms. The molecular formula is C16H24O. The number of rotatable bonds is 2. The highest BCUT2D eigenvalue weighted by Crippen LogP contribution is 2.45. The maximum Gasteiger partial charge on any atom is 0.0897 e. The second kappa shape index (κ2) is 4.45. The van der Waals surface area contributed by atoms with Crippen LogP contribution in [0.3, 0.4) is 0 Å². The van der Waals surface area contributed by atoms with Crippen molar-refractivity contribution in [2.75, 3.05) is 0 Å². The minimum atomic E-state index is -0.583. The molecule has 94 valence electrons. The third-order valence-electron chi connectivity index (χ3n) is 4.30. The molecule has 0 unspecified atom stereocenters. The molecule has 1 aliphatic rings. The van der Waals surface area contributed by atoms with E-state index >= 15 is 0 Å². The fraction of sp³-hybridized carbons (Fsp3) is 0.625. The normalized spacial score (nSPS) is 22.4. The third-order valence-corrected chi connectivity index (χ3v) is 4.30. The van der Waals surface area contributed by atoms with E-state index in [4.69, 9.17) is 0 Å². The monoisotopic (exact) mass is 232 g/mol. The molecule has 1 aliphatic carbocycles. The first-order chi connectivity index (χ1) is 7.95. The molecule has 1 nitrogen and oxygen atoms in total. The molecule has 1 N–H and O–H groups in total. The van der Waals surface area contributed by atoms with Crippen molar-refractivity contribution in [1.29, 1.82) is 0 Å². The second-order valence-corrected chi connectivity index (χ2v) is 6.25. The highest BCUT2D eigenvalue weighted by atomic mass is 16.3. The van der Waals surface area contributed by atoms with Crippen LogP contribution in [0.2, 0.25) is 0 Å². The van der Waals surface area contributed by atoms with Gasteiger partial charge in [0.25, 0.3) is 0 Å². The highest BCUT2D eigenvalue weighted by Gasteiger charge is 2.37. The Labute approximate surface area is 105 Å². The van der Waals surface area contributed by atoms with Gasteiger partial charge in [0.05, 0.1) is 5.60 Å². The largest absolute Gasteiger partial charge is 0.385 e. The Morgan fingerprint density at radius 1 is 1.12 bits per heavy atom. The van der Waals surface area contributed by atoms with Crippen LogP contribution in [-0.2, 0) is 12.0 Å². The number of aryl methyl sites for hydroxylation is 1. The van der Waals surface area contributed by atoms with Crippen LogP contribution in [0, 0.1) is 5.41 Å². The summed E-state index contributed by atoms with van der Waals surface area (Å²) in [5, 5.41) is 10.8. The van der Waals surface area contributed by atoms with E-state index in [1.165, 1.54) is 5.56 Å². The van der Waals surface area contributed by atoms with Gasteiger partial charge < -0.3 is 5.11 Å². The van der Waals surface area contributed by atoms with Gasteiger partial charge in [-0.05, 0) is 48.6 Å². The number of benzene rings is 1. The van der Waals surface area contributed by atoms with Gasteiger partial charge in [0.2, 0.25) is 0 Å². The highest BCUT2D eigenvalue weighted by molar-refractivity contribution is 5.28. The van der Waals surface area contributed by atoms with Crippen LogP contribution in [0.5, 0.6) is 0 Å². The molecule has 0 saturated heterocycles. The van der Waals surface area contributed by atoms with Crippen molar-refractivity contribution in [3.05, 3.63) is 35.4 Å². The van der Waals surface area contributed by atoms with Gasteiger partial charge in [0, 0.05) is 0 Å². The minimum absolute atomic E-state index is 0.397. The molecule has 0 bridgehead atoms. The lowest BCUT2D eigenvalue weighted by Gasteiger charge is -2.40. The van der Waals surface area contributed by atoms with Crippen molar-refractivity contribution in [3.8, 4) is 0 Å². The zero-order valence-electron chi connectivity index (χ0n) is 11.3. The van der Waals surface area contributed by atoms with Crippen LogP contribution in [0.4, 0.5) is 0 Å². The Balaban J connectivity index is 2.21. The smallest absolute Gasteiger partial charge is 0.0897 e. The molecule has 0 aliphatic heterocycles. The zero-order chi connectivity index (χ0) is 12.5. The predicted octanol–water partition coefficient (Wildman–Crippen LogP) is 4.04. The SMILES string of the molecule is CCc1cccc(C2(O)CCC(C)(C)CC2)c1. The van der Waals surface area contributed by atoms with Gasteiger partial charge in [0.1, 0.15) is 0 Å². The summed E-state index contributed by atoms with van der Waals surface area (Å²) in [5.41, 5.74) is 2.25. The van der Waals surface area contributed by atoms with Gasteiger partial charge in [-0.1, -0.05) is 45.0 Å². The van der Waals surface area contributed by atoms with Crippen molar-refractivity contribution in [2.24, 2.45) is 5.41 Å². The van der Waals surface area contributed by atoms with Gasteiger partial charge in [-0.25, -0.2) is 0 Å². The lowest BCUT2D eigenvalue weighted by Crippen LogP contribution is -2.34. The summed E-state index contributed by atoms with van der Waals surface area (Å²) in [5.74, 6) is 0. The zero-order valence-corrected chi connectivity index (χ0v) is 11.3. The molecule has 1 heteroatoms. The molecular weight excluding hydrogens is 208 g/mol. The Kier molecular flexibility index (Phi) is 3.31. The van der Waals surface area contributed by atoms with E-state index in [9.17, 15) is 5.11 Å². The topological polar surface area (TPSA) is 20.2 Å². The van der Waals surface area contributed by atoms with E-state index < -0.39 is 5.60 Å². The summed E-state index contributed by atoms with van der Waals surface area (Å²) in [6, 6.07) is 8.47. The first-order valence-electron chi connectivity index (χ1n) is 6.77. The maximum absolute atomic E-state index is 10.8. The van der Waals surface area contributed by atoms with Gasteiger partial charge in [-0.3, -0.25) is 0 Å². The quantitative estimate of drug-likeness (QED) is 0.816. The standard InChI is InChI=1S/C16H24O/c1-4-13-6-5-7-14(12-13)16(17)10-8-15(2,3)9-11-16/h5-7,12,17H,4,8-11H2,1-3H3. The molecule has 2 rings (SSSR count). The first kappa shape index (κ1) is 12.6. The average molecular weight is 232 g/mol. The first-order valence-corrected chi connectivity index (χ1v) is 6.77. The number of hydrogen-bond acceptors (Lipinski definition) is 1. The predicted molar refractivity (Wildman–Crippen MR) is 72.0 cm³/mol. The van der Waals surface area contributed by atoms with E-state index in [-0.39, 0.29) is 0 Å². The van der Waals surface area contributed by atoms with Crippen molar-refractivity contribution in [2.45, 2.75) is 58.5 Å². The molecule has 1 saturated carbocycles.